The van der Waals surface area contributed by atoms with Gasteiger partial charge in [-0.2, -0.15) is 0 Å². The predicted molar refractivity (Wildman–Crippen MR) is 135 cm³/mol. The number of methoxy groups -OCH3 is 1. The molecule has 0 saturated carbocycles. The Morgan fingerprint density at radius 3 is 1.97 bits per heavy atom. The molecule has 0 amide bonds. The second-order valence-corrected chi connectivity index (χ2v) is 9.03. The van der Waals surface area contributed by atoms with Gasteiger partial charge in [-0.15, -0.1) is 0 Å². The van der Waals surface area contributed by atoms with Crippen LogP contribution >= 0.6 is 0 Å². The highest BCUT2D eigenvalue weighted by molar-refractivity contribution is 5.77. The van der Waals surface area contributed by atoms with Crippen molar-refractivity contribution in [3.8, 4) is 11.5 Å². The first kappa shape index (κ1) is 31.1. The average molecular weight is 508 g/mol. The number of hydrogen-bond donors (Lipinski definition) is 1. The third-order valence-electron chi connectivity index (χ3n) is 5.29. The Morgan fingerprint density at radius 1 is 0.861 bits per heavy atom. The zero-order valence-electron chi connectivity index (χ0n) is 22.4. The number of ether oxygens (including phenoxy) is 4. The van der Waals surface area contributed by atoms with Crippen molar-refractivity contribution in [3.63, 3.8) is 0 Å². The molecule has 2 atom stereocenters. The summed E-state index contributed by atoms with van der Waals surface area (Å²) >= 11 is 0. The zero-order valence-corrected chi connectivity index (χ0v) is 22.4. The lowest BCUT2D eigenvalue weighted by Gasteiger charge is -2.21. The van der Waals surface area contributed by atoms with Crippen LogP contribution in [0.4, 0.5) is 0 Å². The summed E-state index contributed by atoms with van der Waals surface area (Å²) in [5.74, 6) is -1.62. The molecule has 9 heteroatoms. The van der Waals surface area contributed by atoms with Crippen molar-refractivity contribution in [3.05, 3.63) is 23.8 Å². The highest BCUT2D eigenvalue weighted by Crippen LogP contribution is 2.30. The molecule has 9 nitrogen and oxygen atoms in total. The van der Waals surface area contributed by atoms with Gasteiger partial charge in [0.15, 0.2) is 11.5 Å². The number of carbonyl (C=O) groups is 4. The predicted octanol–water partition coefficient (Wildman–Crippen LogP) is 4.14. The standard InChI is InChI=1S/C27H41NO8/c1-7-9-11-24(29)35-22-14-13-20(16-23(22)36-25(30)12-10-8-2)15-21(27(32)33-6)28-17-19(5)34-26(31)18(3)4/h13-14,16,18-19,21,28H,7-12,15,17H2,1-6H3/t19?,21-/m0/s1. The molecule has 0 spiro atoms. The Balaban J connectivity index is 3.04. The third-order valence-corrected chi connectivity index (χ3v) is 5.29. The summed E-state index contributed by atoms with van der Waals surface area (Å²) < 4.78 is 21.2. The number of carbonyl (C=O) groups excluding carboxylic acids is 4. The van der Waals surface area contributed by atoms with Gasteiger partial charge < -0.3 is 24.3 Å². The quantitative estimate of drug-likeness (QED) is 0.260. The SMILES string of the molecule is CCCCC(=O)Oc1ccc(C[C@H](NCC(C)OC(=O)C(C)C)C(=O)OC)cc1OC(=O)CCCC. The van der Waals surface area contributed by atoms with Crippen LogP contribution in [-0.2, 0) is 35.1 Å². The first-order chi connectivity index (χ1) is 17.1. The van der Waals surface area contributed by atoms with Gasteiger partial charge in [-0.1, -0.05) is 46.6 Å². The summed E-state index contributed by atoms with van der Waals surface area (Å²) in [4.78, 5) is 48.7. The normalized spacial score (nSPS) is 12.5. The Kier molecular flexibility index (Phi) is 14.4. The van der Waals surface area contributed by atoms with Gasteiger partial charge in [-0.3, -0.25) is 19.2 Å². The molecular formula is C27H41NO8. The van der Waals surface area contributed by atoms with Crippen molar-refractivity contribution in [2.75, 3.05) is 13.7 Å². The second-order valence-electron chi connectivity index (χ2n) is 9.03. The summed E-state index contributed by atoms with van der Waals surface area (Å²) in [5, 5.41) is 3.08. The average Bonchev–Trinajstić information content (AvgIpc) is 2.84. The molecule has 1 aromatic carbocycles. The number of hydrogen-bond acceptors (Lipinski definition) is 9. The molecule has 0 aliphatic rings. The Hall–Kier alpha value is -2.94. The van der Waals surface area contributed by atoms with Gasteiger partial charge in [-0.05, 0) is 43.9 Å². The van der Waals surface area contributed by atoms with Crippen LogP contribution in [0.5, 0.6) is 11.5 Å². The van der Waals surface area contributed by atoms with Gasteiger partial charge in [0, 0.05) is 19.4 Å². The van der Waals surface area contributed by atoms with E-state index in [1.165, 1.54) is 7.11 Å². The fourth-order valence-electron chi connectivity index (χ4n) is 3.13. The van der Waals surface area contributed by atoms with E-state index in [-0.39, 0.29) is 49.2 Å². The van der Waals surface area contributed by atoms with E-state index in [4.69, 9.17) is 18.9 Å². The monoisotopic (exact) mass is 507 g/mol. The molecule has 1 unspecified atom stereocenters. The number of rotatable bonds is 16. The van der Waals surface area contributed by atoms with E-state index in [9.17, 15) is 19.2 Å². The van der Waals surface area contributed by atoms with E-state index in [1.807, 2.05) is 13.8 Å². The van der Waals surface area contributed by atoms with E-state index in [0.717, 1.165) is 12.8 Å². The fourth-order valence-corrected chi connectivity index (χ4v) is 3.13. The summed E-state index contributed by atoms with van der Waals surface area (Å²) in [6.07, 6.45) is 3.32. The molecule has 0 bridgehead atoms. The third kappa shape index (κ3) is 11.7. The van der Waals surface area contributed by atoms with Gasteiger partial charge >= 0.3 is 23.9 Å². The topological polar surface area (TPSA) is 117 Å². The Bertz CT molecular complexity index is 867. The summed E-state index contributed by atoms with van der Waals surface area (Å²) in [5.41, 5.74) is 0.663. The van der Waals surface area contributed by atoms with E-state index in [1.54, 1.807) is 39.0 Å². The molecule has 1 N–H and O–H groups in total. The fraction of sp³-hybridized carbons (Fsp3) is 0.630. The van der Waals surface area contributed by atoms with Crippen LogP contribution in [-0.4, -0.2) is 49.7 Å². The Labute approximate surface area is 214 Å². The van der Waals surface area contributed by atoms with E-state index in [0.29, 0.717) is 18.4 Å². The first-order valence-electron chi connectivity index (χ1n) is 12.7. The zero-order chi connectivity index (χ0) is 27.1. The molecule has 1 aromatic rings. The number of nitrogens with one attached hydrogen (secondary N) is 1. The maximum absolute atomic E-state index is 12.4. The van der Waals surface area contributed by atoms with Crippen LogP contribution < -0.4 is 14.8 Å². The summed E-state index contributed by atoms with van der Waals surface area (Å²) in [7, 11) is 1.29. The molecule has 36 heavy (non-hydrogen) atoms. The maximum atomic E-state index is 12.4. The van der Waals surface area contributed by atoms with E-state index >= 15 is 0 Å². The van der Waals surface area contributed by atoms with Crippen molar-refractivity contribution in [2.24, 2.45) is 5.92 Å². The summed E-state index contributed by atoms with van der Waals surface area (Å²) in [6, 6.07) is 4.11. The highest BCUT2D eigenvalue weighted by atomic mass is 16.6. The van der Waals surface area contributed by atoms with Gasteiger partial charge in [0.1, 0.15) is 12.1 Å². The molecule has 0 aliphatic heterocycles. The smallest absolute Gasteiger partial charge is 0.323 e. The minimum absolute atomic E-state index is 0.126. The van der Waals surface area contributed by atoms with Crippen molar-refractivity contribution in [1.82, 2.24) is 5.32 Å². The van der Waals surface area contributed by atoms with Gasteiger partial charge in [0.2, 0.25) is 0 Å². The minimum Gasteiger partial charge on any atom is -0.468 e. The van der Waals surface area contributed by atoms with Crippen molar-refractivity contribution in [1.29, 1.82) is 0 Å². The van der Waals surface area contributed by atoms with Gasteiger partial charge in [0.25, 0.3) is 0 Å². The largest absolute Gasteiger partial charge is 0.468 e. The highest BCUT2D eigenvalue weighted by Gasteiger charge is 2.23. The van der Waals surface area contributed by atoms with Gasteiger partial charge in [-0.25, -0.2) is 0 Å². The molecule has 0 saturated heterocycles. The molecule has 202 valence electrons. The van der Waals surface area contributed by atoms with Crippen LogP contribution in [0.25, 0.3) is 0 Å². The van der Waals surface area contributed by atoms with Crippen molar-refractivity contribution >= 4 is 23.9 Å². The number of esters is 4. The van der Waals surface area contributed by atoms with E-state index < -0.39 is 30.1 Å². The van der Waals surface area contributed by atoms with Crippen LogP contribution in [0.2, 0.25) is 0 Å². The lowest BCUT2D eigenvalue weighted by molar-refractivity contribution is -0.152. The minimum atomic E-state index is -0.739. The molecule has 1 rings (SSSR count). The van der Waals surface area contributed by atoms with Crippen molar-refractivity contribution < 1.29 is 38.1 Å². The van der Waals surface area contributed by atoms with Crippen molar-refractivity contribution in [2.45, 2.75) is 91.7 Å². The summed E-state index contributed by atoms with van der Waals surface area (Å²) in [6.45, 7) is 9.42. The first-order valence-corrected chi connectivity index (χ1v) is 12.7. The number of unbranched alkanes of at least 4 members (excludes halogenated alkanes) is 2. The van der Waals surface area contributed by atoms with E-state index in [2.05, 4.69) is 5.32 Å². The second kappa shape index (κ2) is 16.7. The molecule has 0 aromatic heterocycles. The van der Waals surface area contributed by atoms with Gasteiger partial charge in [0.05, 0.1) is 13.0 Å². The molecule has 0 fully saturated rings. The lowest BCUT2D eigenvalue weighted by atomic mass is 10.0. The maximum Gasteiger partial charge on any atom is 0.323 e. The Morgan fingerprint density at radius 2 is 1.44 bits per heavy atom. The molecular weight excluding hydrogens is 466 g/mol. The number of benzene rings is 1. The lowest BCUT2D eigenvalue weighted by Crippen LogP contribution is -2.43. The molecule has 0 aliphatic carbocycles. The van der Waals surface area contributed by atoms with Crippen LogP contribution in [0.1, 0.15) is 78.7 Å². The molecule has 0 radical (unpaired) electrons. The van der Waals surface area contributed by atoms with Crippen LogP contribution in [0.15, 0.2) is 18.2 Å². The molecule has 0 heterocycles. The van der Waals surface area contributed by atoms with Crippen LogP contribution in [0.3, 0.4) is 0 Å². The van der Waals surface area contributed by atoms with Crippen LogP contribution in [0, 0.1) is 5.92 Å².